The van der Waals surface area contributed by atoms with Crippen LogP contribution in [-0.4, -0.2) is 32.7 Å². The fraction of sp³-hybridized carbons (Fsp3) is 0.136. The molecule has 0 heterocycles. The Hall–Kier alpha value is -2.67. The van der Waals surface area contributed by atoms with E-state index >= 15 is 0 Å². The summed E-state index contributed by atoms with van der Waals surface area (Å²) >= 11 is 6.06. The molecular formula is C22H19ClN2O3S. The monoisotopic (exact) mass is 426 g/mol. The zero-order chi connectivity index (χ0) is 20.8. The van der Waals surface area contributed by atoms with Gasteiger partial charge < -0.3 is 5.32 Å². The number of hydrogen-bond donors (Lipinski definition) is 1. The van der Waals surface area contributed by atoms with Crippen LogP contribution in [0.25, 0.3) is 11.1 Å². The van der Waals surface area contributed by atoms with Gasteiger partial charge in [-0.05, 0) is 59.0 Å². The van der Waals surface area contributed by atoms with Gasteiger partial charge in [-0.15, -0.1) is 0 Å². The Morgan fingerprint density at radius 3 is 2.45 bits per heavy atom. The van der Waals surface area contributed by atoms with Gasteiger partial charge >= 0.3 is 0 Å². The van der Waals surface area contributed by atoms with Gasteiger partial charge in [-0.25, -0.2) is 12.7 Å². The van der Waals surface area contributed by atoms with Crippen LogP contribution < -0.4 is 5.32 Å². The molecule has 0 saturated heterocycles. The minimum atomic E-state index is -3.75. The Labute approximate surface area is 175 Å². The van der Waals surface area contributed by atoms with Gasteiger partial charge in [0.2, 0.25) is 10.0 Å². The van der Waals surface area contributed by atoms with E-state index in [9.17, 15) is 13.2 Å². The van der Waals surface area contributed by atoms with E-state index in [-0.39, 0.29) is 15.5 Å². The predicted molar refractivity (Wildman–Crippen MR) is 115 cm³/mol. The van der Waals surface area contributed by atoms with Crippen LogP contribution in [-0.2, 0) is 16.4 Å². The molecule has 0 fully saturated rings. The van der Waals surface area contributed by atoms with Crippen molar-refractivity contribution >= 4 is 33.2 Å². The molecule has 0 bridgehead atoms. The van der Waals surface area contributed by atoms with E-state index in [2.05, 4.69) is 17.4 Å². The largest absolute Gasteiger partial charge is 0.322 e. The van der Waals surface area contributed by atoms with Crippen molar-refractivity contribution in [2.45, 2.75) is 11.3 Å². The van der Waals surface area contributed by atoms with E-state index in [4.69, 9.17) is 11.6 Å². The number of halogens is 1. The zero-order valence-corrected chi connectivity index (χ0v) is 17.5. The predicted octanol–water partition coefficient (Wildman–Crippen LogP) is 4.41. The topological polar surface area (TPSA) is 66.5 Å². The average molecular weight is 427 g/mol. The Balaban J connectivity index is 1.61. The van der Waals surface area contributed by atoms with Crippen molar-refractivity contribution in [1.82, 2.24) is 4.31 Å². The van der Waals surface area contributed by atoms with E-state index in [1.807, 2.05) is 30.3 Å². The molecule has 4 rings (SSSR count). The molecular weight excluding hydrogens is 408 g/mol. The molecule has 1 aliphatic rings. The maximum atomic E-state index is 12.7. The van der Waals surface area contributed by atoms with Gasteiger partial charge in [0.25, 0.3) is 5.91 Å². The van der Waals surface area contributed by atoms with Crippen LogP contribution >= 0.6 is 11.6 Å². The SMILES string of the molecule is CN(C)S(=O)(=O)c1cc(C(=O)Nc2ccc3c(c2)Cc2ccccc2-3)ccc1Cl. The summed E-state index contributed by atoms with van der Waals surface area (Å²) in [4.78, 5) is 12.6. The molecule has 0 spiro atoms. The first-order valence-electron chi connectivity index (χ1n) is 9.02. The number of rotatable bonds is 4. The third-order valence-electron chi connectivity index (χ3n) is 5.00. The lowest BCUT2D eigenvalue weighted by molar-refractivity contribution is 0.102. The number of carbonyl (C=O) groups excluding carboxylic acids is 1. The fourth-order valence-electron chi connectivity index (χ4n) is 3.47. The van der Waals surface area contributed by atoms with Crippen LogP contribution in [0.2, 0.25) is 5.02 Å². The highest BCUT2D eigenvalue weighted by atomic mass is 35.5. The van der Waals surface area contributed by atoms with Gasteiger partial charge in [-0.3, -0.25) is 4.79 Å². The van der Waals surface area contributed by atoms with Crippen LogP contribution in [0, 0.1) is 0 Å². The number of nitrogens with zero attached hydrogens (tertiary/aromatic N) is 1. The number of hydrogen-bond acceptors (Lipinski definition) is 3. The van der Waals surface area contributed by atoms with Crippen molar-refractivity contribution in [3.8, 4) is 11.1 Å². The molecule has 0 unspecified atom stereocenters. The number of fused-ring (bicyclic) bond motifs is 3. The second-order valence-electron chi connectivity index (χ2n) is 7.09. The van der Waals surface area contributed by atoms with Crippen molar-refractivity contribution in [2.24, 2.45) is 0 Å². The third-order valence-corrected chi connectivity index (χ3v) is 7.30. The highest BCUT2D eigenvalue weighted by Gasteiger charge is 2.23. The fourth-order valence-corrected chi connectivity index (χ4v) is 4.86. The molecule has 0 atom stereocenters. The van der Waals surface area contributed by atoms with Gasteiger partial charge in [0, 0.05) is 25.3 Å². The van der Waals surface area contributed by atoms with Crippen LogP contribution in [0.3, 0.4) is 0 Å². The summed E-state index contributed by atoms with van der Waals surface area (Å²) in [5.41, 5.74) is 5.69. The highest BCUT2D eigenvalue weighted by molar-refractivity contribution is 7.89. The van der Waals surface area contributed by atoms with Crippen LogP contribution in [0.5, 0.6) is 0 Å². The summed E-state index contributed by atoms with van der Waals surface area (Å²) in [7, 11) is -0.918. The lowest BCUT2D eigenvalue weighted by Gasteiger charge is -2.14. The molecule has 7 heteroatoms. The van der Waals surface area contributed by atoms with Crippen molar-refractivity contribution in [2.75, 3.05) is 19.4 Å². The normalized spacial score (nSPS) is 12.6. The standard InChI is InChI=1S/C22H19ClN2O3S/c1-25(2)29(27,28)21-13-15(7-10-20(21)23)22(26)24-17-8-9-19-16(12-17)11-14-5-3-4-6-18(14)19/h3-10,12-13H,11H2,1-2H3,(H,24,26). The molecule has 1 N–H and O–H groups in total. The number of sulfonamides is 1. The van der Waals surface area contributed by atoms with E-state index in [1.165, 1.54) is 49.0 Å². The van der Waals surface area contributed by atoms with E-state index < -0.39 is 15.9 Å². The minimum Gasteiger partial charge on any atom is -0.322 e. The maximum absolute atomic E-state index is 12.7. The first kappa shape index (κ1) is 19.6. The van der Waals surface area contributed by atoms with E-state index in [0.29, 0.717) is 5.69 Å². The second-order valence-corrected chi connectivity index (χ2v) is 9.62. The van der Waals surface area contributed by atoms with Crippen molar-refractivity contribution in [3.63, 3.8) is 0 Å². The number of carbonyl (C=O) groups is 1. The first-order chi connectivity index (χ1) is 13.8. The van der Waals surface area contributed by atoms with Crippen LogP contribution in [0.15, 0.2) is 65.6 Å². The summed E-state index contributed by atoms with van der Waals surface area (Å²) < 4.78 is 25.9. The zero-order valence-electron chi connectivity index (χ0n) is 15.9. The Morgan fingerprint density at radius 1 is 0.966 bits per heavy atom. The van der Waals surface area contributed by atoms with Crippen molar-refractivity contribution < 1.29 is 13.2 Å². The molecule has 0 radical (unpaired) electrons. The Bertz CT molecular complexity index is 1240. The summed E-state index contributed by atoms with van der Waals surface area (Å²) in [5.74, 6) is -0.396. The highest BCUT2D eigenvalue weighted by Crippen LogP contribution is 2.37. The van der Waals surface area contributed by atoms with Gasteiger partial charge in [-0.1, -0.05) is 41.9 Å². The van der Waals surface area contributed by atoms with E-state index in [1.54, 1.807) is 0 Å². The summed E-state index contributed by atoms with van der Waals surface area (Å²) in [5, 5.41) is 2.93. The smallest absolute Gasteiger partial charge is 0.255 e. The molecule has 3 aromatic carbocycles. The number of benzene rings is 3. The van der Waals surface area contributed by atoms with Crippen LogP contribution in [0.1, 0.15) is 21.5 Å². The van der Waals surface area contributed by atoms with E-state index in [0.717, 1.165) is 16.3 Å². The quantitative estimate of drug-likeness (QED) is 0.525. The van der Waals surface area contributed by atoms with Gasteiger partial charge in [0.1, 0.15) is 4.90 Å². The molecule has 3 aromatic rings. The van der Waals surface area contributed by atoms with Crippen molar-refractivity contribution in [1.29, 1.82) is 0 Å². The van der Waals surface area contributed by atoms with Gasteiger partial charge in [0.05, 0.1) is 5.02 Å². The Morgan fingerprint density at radius 2 is 1.69 bits per heavy atom. The molecule has 0 aliphatic heterocycles. The third kappa shape index (κ3) is 3.55. The summed E-state index contributed by atoms with van der Waals surface area (Å²) in [6.45, 7) is 0. The molecule has 1 amide bonds. The summed E-state index contributed by atoms with van der Waals surface area (Å²) in [6.07, 6.45) is 0.821. The lowest BCUT2D eigenvalue weighted by atomic mass is 10.1. The minimum absolute atomic E-state index is 0.0746. The second kappa shape index (κ2) is 7.30. The number of amides is 1. The average Bonchev–Trinajstić information content (AvgIpc) is 3.05. The first-order valence-corrected chi connectivity index (χ1v) is 10.8. The molecule has 0 aromatic heterocycles. The molecule has 148 valence electrons. The molecule has 29 heavy (non-hydrogen) atoms. The maximum Gasteiger partial charge on any atom is 0.255 e. The lowest BCUT2D eigenvalue weighted by Crippen LogP contribution is -2.23. The van der Waals surface area contributed by atoms with Gasteiger partial charge in [-0.2, -0.15) is 0 Å². The number of nitrogens with one attached hydrogen (secondary N) is 1. The Kier molecular flexibility index (Phi) is 4.94. The molecule has 5 nitrogen and oxygen atoms in total. The van der Waals surface area contributed by atoms with Crippen LogP contribution in [0.4, 0.5) is 5.69 Å². The van der Waals surface area contributed by atoms with Gasteiger partial charge in [0.15, 0.2) is 0 Å². The van der Waals surface area contributed by atoms with Crippen molar-refractivity contribution in [3.05, 3.63) is 82.4 Å². The molecule has 1 aliphatic carbocycles. The summed E-state index contributed by atoms with van der Waals surface area (Å²) in [6, 6.07) is 18.3. The number of anilines is 1. The molecule has 0 saturated carbocycles.